The molecule has 2 fully saturated rings. The smallest absolute Gasteiger partial charge is 0.189 e. The maximum atomic E-state index is 13.8. The molecule has 6 rings (SSSR count). The summed E-state index contributed by atoms with van der Waals surface area (Å²) < 4.78 is 0. The maximum Gasteiger partial charge on any atom is 0.189 e. The van der Waals surface area contributed by atoms with Crippen LogP contribution in [0.25, 0.3) is 0 Å². The molecule has 1 aromatic rings. The van der Waals surface area contributed by atoms with Crippen LogP contribution in [0.15, 0.2) is 46.5 Å². The van der Waals surface area contributed by atoms with Crippen LogP contribution in [0, 0.1) is 28.6 Å². The van der Waals surface area contributed by atoms with Gasteiger partial charge < -0.3 is 16.2 Å². The Morgan fingerprint density at radius 1 is 1.15 bits per heavy atom. The average molecular weight is 568 g/mol. The molecule has 5 aliphatic rings. The number of ketones is 1. The van der Waals surface area contributed by atoms with Gasteiger partial charge in [-0.1, -0.05) is 64.4 Å². The standard InChI is InChI=1S/C32H45N3O2S2/c1-30-14-16-38-39-21-31(25(20-34-29(33)35-31)17-22-7-3-2-4-8-22)13-5-10-26-27-18-24(30)12-11-23(9-6-15-36)32(27,30)19-28(26)37/h2-4,7-8,23-25,36H,5-6,9-21H2,1H3,(H3,33,34,35). The van der Waals surface area contributed by atoms with Crippen LogP contribution in [0.5, 0.6) is 0 Å². The Hall–Kier alpha value is -1.44. The molecule has 6 atom stereocenters. The zero-order valence-electron chi connectivity index (χ0n) is 23.4. The summed E-state index contributed by atoms with van der Waals surface area (Å²) in [6.45, 7) is 3.54. The highest BCUT2D eigenvalue weighted by Crippen LogP contribution is 2.74. The third kappa shape index (κ3) is 4.68. The van der Waals surface area contributed by atoms with Crippen LogP contribution < -0.4 is 11.1 Å². The second kappa shape index (κ2) is 11.1. The molecule has 2 spiro atoms. The lowest BCUT2D eigenvalue weighted by Gasteiger charge is -2.54. The van der Waals surface area contributed by atoms with Crippen LogP contribution in [0.3, 0.4) is 0 Å². The van der Waals surface area contributed by atoms with Crippen molar-refractivity contribution >= 4 is 33.3 Å². The molecule has 5 nitrogen and oxygen atoms in total. The first kappa shape index (κ1) is 27.7. The number of aliphatic hydroxyl groups is 1. The molecule has 39 heavy (non-hydrogen) atoms. The van der Waals surface area contributed by atoms with Gasteiger partial charge in [0.1, 0.15) is 0 Å². The zero-order valence-corrected chi connectivity index (χ0v) is 25.1. The summed E-state index contributed by atoms with van der Waals surface area (Å²) in [5.41, 5.74) is 10.5. The fourth-order valence-corrected chi connectivity index (χ4v) is 12.3. The Morgan fingerprint density at radius 3 is 2.82 bits per heavy atom. The van der Waals surface area contributed by atoms with Crippen molar-refractivity contribution in [3.05, 3.63) is 47.0 Å². The molecule has 0 amide bonds. The van der Waals surface area contributed by atoms with Gasteiger partial charge in [-0.3, -0.25) is 9.79 Å². The average Bonchev–Trinajstić information content (AvgIpc) is 3.25. The van der Waals surface area contributed by atoms with Crippen LogP contribution in [-0.2, 0) is 11.2 Å². The van der Waals surface area contributed by atoms with E-state index in [9.17, 15) is 9.90 Å². The summed E-state index contributed by atoms with van der Waals surface area (Å²) in [5, 5.41) is 13.4. The third-order valence-electron chi connectivity index (χ3n) is 11.4. The van der Waals surface area contributed by atoms with Gasteiger partial charge >= 0.3 is 0 Å². The number of hydrogen-bond acceptors (Lipinski definition) is 7. The van der Waals surface area contributed by atoms with E-state index in [-0.39, 0.29) is 23.0 Å². The lowest BCUT2D eigenvalue weighted by Crippen LogP contribution is -2.61. The topological polar surface area (TPSA) is 87.7 Å². The van der Waals surface area contributed by atoms with Crippen molar-refractivity contribution in [2.45, 2.75) is 83.1 Å². The van der Waals surface area contributed by atoms with Crippen molar-refractivity contribution in [1.82, 2.24) is 5.32 Å². The van der Waals surface area contributed by atoms with Gasteiger partial charge in [-0.2, -0.15) is 0 Å². The van der Waals surface area contributed by atoms with Crippen LogP contribution in [0.1, 0.15) is 76.7 Å². The second-order valence-corrected chi connectivity index (χ2v) is 15.7. The molecule has 4 N–H and O–H groups in total. The number of nitrogens with two attached hydrogens (primary N) is 1. The Morgan fingerprint density at radius 2 is 2.00 bits per heavy atom. The summed E-state index contributed by atoms with van der Waals surface area (Å²) in [4.78, 5) is 18.5. The molecule has 7 heteroatoms. The Kier molecular flexibility index (Phi) is 7.88. The highest BCUT2D eigenvalue weighted by molar-refractivity contribution is 8.76. The summed E-state index contributed by atoms with van der Waals surface area (Å²) in [5.74, 6) is 4.71. The molecule has 6 unspecified atom stereocenters. The van der Waals surface area contributed by atoms with Crippen LogP contribution in [-0.4, -0.2) is 47.0 Å². The molecule has 212 valence electrons. The fraction of sp³-hybridized carbons (Fsp3) is 0.688. The molecule has 0 saturated heterocycles. The minimum atomic E-state index is -0.125. The first-order valence-corrected chi connectivity index (χ1v) is 17.6. The highest BCUT2D eigenvalue weighted by atomic mass is 33.1. The van der Waals surface area contributed by atoms with E-state index in [0.717, 1.165) is 69.4 Å². The number of rotatable bonds is 5. The first-order valence-electron chi connectivity index (χ1n) is 15.1. The van der Waals surface area contributed by atoms with Gasteiger partial charge in [0.2, 0.25) is 0 Å². The largest absolute Gasteiger partial charge is 0.396 e. The van der Waals surface area contributed by atoms with Gasteiger partial charge in [-0.15, -0.1) is 0 Å². The molecule has 3 aliphatic carbocycles. The molecule has 1 aromatic carbocycles. The lowest BCUT2D eigenvalue weighted by atomic mass is 9.50. The highest BCUT2D eigenvalue weighted by Gasteiger charge is 2.67. The van der Waals surface area contributed by atoms with E-state index in [2.05, 4.69) is 47.6 Å². The van der Waals surface area contributed by atoms with Gasteiger partial charge in [0, 0.05) is 42.4 Å². The summed E-state index contributed by atoms with van der Waals surface area (Å²) in [7, 11) is 4.04. The molecule has 0 radical (unpaired) electrons. The van der Waals surface area contributed by atoms with E-state index in [4.69, 9.17) is 5.73 Å². The number of benzene rings is 1. The van der Waals surface area contributed by atoms with Crippen LogP contribution in [0.2, 0.25) is 0 Å². The zero-order chi connectivity index (χ0) is 27.1. The lowest BCUT2D eigenvalue weighted by molar-refractivity contribution is -0.121. The first-order chi connectivity index (χ1) is 18.9. The van der Waals surface area contributed by atoms with E-state index in [1.165, 1.54) is 30.4 Å². The minimum Gasteiger partial charge on any atom is -0.396 e. The van der Waals surface area contributed by atoms with Crippen molar-refractivity contribution in [1.29, 1.82) is 0 Å². The molecule has 5 bridgehead atoms. The van der Waals surface area contributed by atoms with E-state index < -0.39 is 0 Å². The predicted octanol–water partition coefficient (Wildman–Crippen LogP) is 5.92. The van der Waals surface area contributed by atoms with Gasteiger partial charge in [-0.25, -0.2) is 0 Å². The minimum absolute atomic E-state index is 0.0322. The normalized spacial score (nSPS) is 38.6. The van der Waals surface area contributed by atoms with Crippen molar-refractivity contribution in [2.24, 2.45) is 39.3 Å². The summed E-state index contributed by atoms with van der Waals surface area (Å²) >= 11 is 0. The molecular weight excluding hydrogens is 523 g/mol. The number of aliphatic hydroxyl groups excluding tert-OH is 1. The monoisotopic (exact) mass is 567 g/mol. The number of Topliss-reactive ketones (excluding diaryl/α,β-unsaturated/α-hetero) is 1. The summed E-state index contributed by atoms with van der Waals surface area (Å²) in [6, 6.07) is 10.8. The number of hydrogen-bond donors (Lipinski definition) is 3. The Bertz CT molecular complexity index is 1140. The fourth-order valence-electron chi connectivity index (χ4n) is 9.44. The van der Waals surface area contributed by atoms with E-state index in [1.54, 1.807) is 5.57 Å². The Balaban J connectivity index is 1.32. The number of nitrogens with one attached hydrogen (secondary N) is 1. The van der Waals surface area contributed by atoms with Crippen molar-refractivity contribution in [3.8, 4) is 0 Å². The van der Waals surface area contributed by atoms with Gasteiger partial charge in [-0.05, 0) is 92.6 Å². The van der Waals surface area contributed by atoms with Crippen LogP contribution in [0.4, 0.5) is 0 Å². The van der Waals surface area contributed by atoms with Crippen molar-refractivity contribution < 1.29 is 9.90 Å². The maximum absolute atomic E-state index is 13.8. The molecule has 2 heterocycles. The van der Waals surface area contributed by atoms with Gasteiger partial charge in [0.25, 0.3) is 0 Å². The summed E-state index contributed by atoms with van der Waals surface area (Å²) in [6.07, 6.45) is 11.3. The number of nitrogens with zero attached hydrogens (tertiary/aromatic N) is 1. The SMILES string of the molecule is CC12CCSSCC3(CCCC4=C5CC1CCC(CCCO)C52CC4=O)NC(N)=NCC3Cc1ccccc1. The van der Waals surface area contributed by atoms with Crippen molar-refractivity contribution in [3.63, 3.8) is 0 Å². The Labute approximate surface area is 242 Å². The number of aliphatic imine (C=N–C) groups is 1. The molecule has 0 aromatic heterocycles. The molecular formula is C32H45N3O2S2. The predicted molar refractivity (Wildman–Crippen MR) is 164 cm³/mol. The van der Waals surface area contributed by atoms with Gasteiger partial charge in [0.05, 0.1) is 5.54 Å². The molecule has 2 aliphatic heterocycles. The van der Waals surface area contributed by atoms with E-state index in [1.807, 2.05) is 21.6 Å². The number of allylic oxidation sites excluding steroid dienone is 2. The number of guanidine groups is 1. The number of carbonyl (C=O) groups excluding carboxylic acids is 1. The third-order valence-corrected chi connectivity index (χ3v) is 14.0. The van der Waals surface area contributed by atoms with Crippen molar-refractivity contribution in [2.75, 3.05) is 24.7 Å². The van der Waals surface area contributed by atoms with Crippen LogP contribution >= 0.6 is 21.6 Å². The van der Waals surface area contributed by atoms with E-state index >= 15 is 0 Å². The quantitative estimate of drug-likeness (QED) is 0.383. The van der Waals surface area contributed by atoms with E-state index in [0.29, 0.717) is 29.5 Å². The number of carbonyl (C=O) groups is 1. The second-order valence-electron chi connectivity index (χ2n) is 13.1. The molecule has 2 saturated carbocycles. The van der Waals surface area contributed by atoms with Gasteiger partial charge in [0.15, 0.2) is 11.7 Å².